The average Bonchev–Trinajstić information content (AvgIpc) is 2.93. The predicted octanol–water partition coefficient (Wildman–Crippen LogP) is 5.02. The van der Waals surface area contributed by atoms with Crippen LogP contribution in [0.25, 0.3) is 0 Å². The van der Waals surface area contributed by atoms with E-state index in [1.807, 2.05) is 0 Å². The standard InChI is InChI=1S/C19H23ClN2O2S/c1-3-4-6-13-12-22(15-7-5-8-15)25-19(13)21-18(23)16-11-14(20)9-10-17(16)24-2/h9-12,15H,3-8H2,1-2H3. The number of hydrogen-bond acceptors (Lipinski definition) is 3. The smallest absolute Gasteiger partial charge is 0.282 e. The zero-order valence-electron chi connectivity index (χ0n) is 14.6. The summed E-state index contributed by atoms with van der Waals surface area (Å²) in [5, 5.41) is 0.501. The number of benzene rings is 1. The van der Waals surface area contributed by atoms with Gasteiger partial charge >= 0.3 is 0 Å². The molecular weight excluding hydrogens is 356 g/mol. The highest BCUT2D eigenvalue weighted by molar-refractivity contribution is 7.04. The highest BCUT2D eigenvalue weighted by atomic mass is 35.5. The van der Waals surface area contributed by atoms with E-state index in [2.05, 4.69) is 22.1 Å². The molecule has 4 nitrogen and oxygen atoms in total. The summed E-state index contributed by atoms with van der Waals surface area (Å²) in [7, 11) is 1.54. The van der Waals surface area contributed by atoms with Gasteiger partial charge < -0.3 is 8.69 Å². The highest BCUT2D eigenvalue weighted by Crippen LogP contribution is 2.32. The zero-order chi connectivity index (χ0) is 17.8. The maximum absolute atomic E-state index is 12.7. The summed E-state index contributed by atoms with van der Waals surface area (Å²) in [5.74, 6) is 0.191. The number of hydrogen-bond donors (Lipinski definition) is 0. The minimum absolute atomic E-state index is 0.306. The molecule has 2 aromatic rings. The summed E-state index contributed by atoms with van der Waals surface area (Å²) < 4.78 is 8.37. The summed E-state index contributed by atoms with van der Waals surface area (Å²) >= 11 is 7.63. The van der Waals surface area contributed by atoms with Gasteiger partial charge in [0, 0.05) is 22.8 Å². The number of methoxy groups -OCH3 is 1. The lowest BCUT2D eigenvalue weighted by molar-refractivity contribution is 0.0996. The normalized spacial score (nSPS) is 15.2. The molecule has 1 aliphatic rings. The van der Waals surface area contributed by atoms with E-state index in [9.17, 15) is 4.79 Å². The zero-order valence-corrected chi connectivity index (χ0v) is 16.2. The molecule has 0 N–H and O–H groups in total. The molecule has 1 aromatic carbocycles. The molecule has 0 spiro atoms. The van der Waals surface area contributed by atoms with Crippen LogP contribution in [-0.4, -0.2) is 17.0 Å². The number of carbonyl (C=O) groups is 1. The topological polar surface area (TPSA) is 43.6 Å². The molecule has 1 aromatic heterocycles. The number of aryl methyl sites for hydroxylation is 1. The third kappa shape index (κ3) is 4.15. The molecule has 0 aliphatic heterocycles. The fourth-order valence-corrected chi connectivity index (χ4v) is 4.15. The molecule has 0 atom stereocenters. The molecular formula is C19H23ClN2O2S. The number of halogens is 1. The van der Waals surface area contributed by atoms with Gasteiger partial charge in [0.15, 0.2) is 0 Å². The average molecular weight is 379 g/mol. The van der Waals surface area contributed by atoms with Gasteiger partial charge in [0.05, 0.1) is 12.7 Å². The summed E-state index contributed by atoms with van der Waals surface area (Å²) in [4.78, 5) is 17.1. The molecule has 3 rings (SSSR count). The van der Waals surface area contributed by atoms with Gasteiger partial charge in [-0.3, -0.25) is 4.79 Å². The van der Waals surface area contributed by atoms with Crippen molar-refractivity contribution in [3.63, 3.8) is 0 Å². The predicted molar refractivity (Wildman–Crippen MR) is 102 cm³/mol. The van der Waals surface area contributed by atoms with Crippen molar-refractivity contribution >= 4 is 29.0 Å². The van der Waals surface area contributed by atoms with Gasteiger partial charge in [-0.2, -0.15) is 4.99 Å². The Morgan fingerprint density at radius 3 is 2.88 bits per heavy atom. The number of nitrogens with zero attached hydrogens (tertiary/aromatic N) is 2. The lowest BCUT2D eigenvalue weighted by Gasteiger charge is -2.25. The van der Waals surface area contributed by atoms with Crippen molar-refractivity contribution < 1.29 is 9.53 Å². The van der Waals surface area contributed by atoms with Crippen molar-refractivity contribution in [1.82, 2.24) is 3.96 Å². The first-order valence-electron chi connectivity index (χ1n) is 8.76. The van der Waals surface area contributed by atoms with Gasteiger partial charge in [0.2, 0.25) is 0 Å². The molecule has 134 valence electrons. The first kappa shape index (κ1) is 18.2. The fraction of sp³-hybridized carbons (Fsp3) is 0.474. The molecule has 1 fully saturated rings. The fourth-order valence-electron chi connectivity index (χ4n) is 2.85. The van der Waals surface area contributed by atoms with E-state index < -0.39 is 0 Å². The van der Waals surface area contributed by atoms with Crippen molar-refractivity contribution in [2.75, 3.05) is 7.11 Å². The SMILES string of the molecule is CCCCc1cn(C2CCC2)sc1=NC(=O)c1cc(Cl)ccc1OC. The van der Waals surface area contributed by atoms with Gasteiger partial charge in [0.1, 0.15) is 10.4 Å². The molecule has 0 unspecified atom stereocenters. The Labute approximate surface area is 157 Å². The molecule has 25 heavy (non-hydrogen) atoms. The molecule has 0 radical (unpaired) electrons. The Morgan fingerprint density at radius 1 is 1.44 bits per heavy atom. The number of unbranched alkanes of at least 4 members (excludes halogenated alkanes) is 1. The van der Waals surface area contributed by atoms with Crippen LogP contribution < -0.4 is 9.41 Å². The Bertz CT molecular complexity index is 821. The maximum Gasteiger partial charge on any atom is 0.282 e. The lowest BCUT2D eigenvalue weighted by atomic mass is 9.94. The molecule has 6 heteroatoms. The minimum Gasteiger partial charge on any atom is -0.496 e. The second kappa shape index (κ2) is 8.19. The molecule has 0 saturated heterocycles. The van der Waals surface area contributed by atoms with Gasteiger partial charge in [0.25, 0.3) is 5.91 Å². The van der Waals surface area contributed by atoms with Crippen molar-refractivity contribution in [3.05, 3.63) is 45.2 Å². The monoisotopic (exact) mass is 378 g/mol. The summed E-state index contributed by atoms with van der Waals surface area (Å²) in [6.45, 7) is 2.17. The van der Waals surface area contributed by atoms with E-state index in [1.54, 1.807) is 36.8 Å². The Kier molecular flexibility index (Phi) is 5.97. The van der Waals surface area contributed by atoms with Crippen molar-refractivity contribution in [1.29, 1.82) is 0 Å². The Hall–Kier alpha value is -1.59. The van der Waals surface area contributed by atoms with Crippen molar-refractivity contribution in [3.8, 4) is 5.75 Å². The van der Waals surface area contributed by atoms with E-state index in [1.165, 1.54) is 19.3 Å². The molecule has 1 heterocycles. The van der Waals surface area contributed by atoms with Crippen LogP contribution in [0.3, 0.4) is 0 Å². The highest BCUT2D eigenvalue weighted by Gasteiger charge is 2.21. The first-order valence-corrected chi connectivity index (χ1v) is 9.91. The van der Waals surface area contributed by atoms with Crippen LogP contribution in [0.15, 0.2) is 29.4 Å². The number of rotatable bonds is 6. The molecule has 0 bridgehead atoms. The summed E-state index contributed by atoms with van der Waals surface area (Å²) in [6.07, 6.45) is 9.07. The number of carbonyl (C=O) groups excluding carboxylic acids is 1. The largest absolute Gasteiger partial charge is 0.496 e. The lowest BCUT2D eigenvalue weighted by Crippen LogP contribution is -2.14. The number of aromatic nitrogens is 1. The maximum atomic E-state index is 12.7. The van der Waals surface area contributed by atoms with Crippen LogP contribution in [0.2, 0.25) is 5.02 Å². The van der Waals surface area contributed by atoms with Crippen LogP contribution in [0, 0.1) is 0 Å². The van der Waals surface area contributed by atoms with Crippen LogP contribution in [0.4, 0.5) is 0 Å². The van der Waals surface area contributed by atoms with E-state index in [0.29, 0.717) is 22.4 Å². The quantitative estimate of drug-likeness (QED) is 0.708. The van der Waals surface area contributed by atoms with Crippen molar-refractivity contribution in [2.45, 2.75) is 51.5 Å². The minimum atomic E-state index is -0.306. The van der Waals surface area contributed by atoms with E-state index >= 15 is 0 Å². The second-order valence-corrected chi connectivity index (χ2v) is 7.79. The van der Waals surface area contributed by atoms with Crippen LogP contribution in [0.1, 0.15) is 61.0 Å². The molecule has 1 saturated carbocycles. The van der Waals surface area contributed by atoms with Gasteiger partial charge in [-0.25, -0.2) is 0 Å². The van der Waals surface area contributed by atoms with Gasteiger partial charge in [-0.15, -0.1) is 0 Å². The van der Waals surface area contributed by atoms with Gasteiger partial charge in [-0.1, -0.05) is 24.9 Å². The Balaban J connectivity index is 1.97. The third-order valence-electron chi connectivity index (χ3n) is 4.58. The van der Waals surface area contributed by atoms with Crippen molar-refractivity contribution in [2.24, 2.45) is 4.99 Å². The number of ether oxygens (including phenoxy) is 1. The first-order chi connectivity index (χ1) is 12.1. The van der Waals surface area contributed by atoms with Gasteiger partial charge in [-0.05, 0) is 61.8 Å². The molecule has 1 amide bonds. The Morgan fingerprint density at radius 2 is 2.24 bits per heavy atom. The number of amides is 1. The van der Waals surface area contributed by atoms with E-state index in [-0.39, 0.29) is 5.91 Å². The van der Waals surface area contributed by atoms with E-state index in [4.69, 9.17) is 16.3 Å². The summed E-state index contributed by atoms with van der Waals surface area (Å²) in [5.41, 5.74) is 1.56. The van der Waals surface area contributed by atoms with Crippen LogP contribution >= 0.6 is 23.1 Å². The van der Waals surface area contributed by atoms with Crippen LogP contribution in [-0.2, 0) is 6.42 Å². The molecule has 1 aliphatic carbocycles. The second-order valence-electron chi connectivity index (χ2n) is 6.36. The summed E-state index contributed by atoms with van der Waals surface area (Å²) in [6, 6.07) is 5.60. The van der Waals surface area contributed by atoms with Crippen LogP contribution in [0.5, 0.6) is 5.75 Å². The third-order valence-corrected chi connectivity index (χ3v) is 5.95. The van der Waals surface area contributed by atoms with E-state index in [0.717, 1.165) is 29.5 Å².